The van der Waals surface area contributed by atoms with Gasteiger partial charge in [-0.1, -0.05) is 78.3 Å². The van der Waals surface area contributed by atoms with Crippen LogP contribution in [0.2, 0.25) is 5.02 Å². The first-order valence-corrected chi connectivity index (χ1v) is 14.7. The second kappa shape index (κ2) is 12.7. The van der Waals surface area contributed by atoms with Crippen molar-refractivity contribution in [3.05, 3.63) is 106 Å². The standard InChI is InChI=1S/C22H23ClN4O2.C11H13NO2/c1-26-21(29)22(13-15-5-3-2-4-6-15)14-27(12-11-18(22)25-26)20(28)19(24)16-7-9-17(23)10-8-16;12-10-8-4-2-1-3-7(8)5-6-9(10)11(13)14/h2-10,19H,11-14,24H2,1H3;1-4,9-10H,5-6,12H2,(H,13,14). The van der Waals surface area contributed by atoms with Crippen LogP contribution in [0.4, 0.5) is 0 Å². The van der Waals surface area contributed by atoms with Gasteiger partial charge in [0.15, 0.2) is 0 Å². The van der Waals surface area contributed by atoms with E-state index in [0.717, 1.165) is 23.3 Å². The predicted molar refractivity (Wildman–Crippen MR) is 165 cm³/mol. The molecule has 0 radical (unpaired) electrons. The van der Waals surface area contributed by atoms with E-state index in [9.17, 15) is 14.4 Å². The number of piperidine rings is 1. The van der Waals surface area contributed by atoms with Gasteiger partial charge in [0, 0.05) is 37.6 Å². The normalized spacial score (nSPS) is 23.3. The van der Waals surface area contributed by atoms with Gasteiger partial charge in [-0.25, -0.2) is 5.01 Å². The zero-order valence-electron chi connectivity index (χ0n) is 24.0. The number of nitrogens with two attached hydrogens (primary N) is 2. The molecule has 3 aliphatic rings. The molecule has 2 amide bonds. The number of aryl methyl sites for hydroxylation is 1. The van der Waals surface area contributed by atoms with Gasteiger partial charge in [-0.15, -0.1) is 0 Å². The molecule has 3 aromatic carbocycles. The van der Waals surface area contributed by atoms with E-state index in [1.54, 1.807) is 36.2 Å². The van der Waals surface area contributed by atoms with Crippen molar-refractivity contribution in [2.24, 2.45) is 27.9 Å². The topological polar surface area (TPSA) is 142 Å². The Labute approximate surface area is 256 Å². The minimum Gasteiger partial charge on any atom is -0.481 e. The summed E-state index contributed by atoms with van der Waals surface area (Å²) in [7, 11) is 1.67. The number of amides is 2. The van der Waals surface area contributed by atoms with Gasteiger partial charge in [0.05, 0.1) is 11.6 Å². The number of benzene rings is 3. The summed E-state index contributed by atoms with van der Waals surface area (Å²) in [5.74, 6) is -1.48. The minimum atomic E-state index is -0.830. The van der Waals surface area contributed by atoms with Crippen LogP contribution in [0.5, 0.6) is 0 Å². The lowest BCUT2D eigenvalue weighted by molar-refractivity contribution is -0.143. The Hall–Kier alpha value is -4.05. The Morgan fingerprint density at radius 1 is 1.05 bits per heavy atom. The molecule has 4 atom stereocenters. The highest BCUT2D eigenvalue weighted by Crippen LogP contribution is 2.39. The van der Waals surface area contributed by atoms with Crippen LogP contribution < -0.4 is 11.5 Å². The molecule has 3 aromatic rings. The Morgan fingerprint density at radius 3 is 2.42 bits per heavy atom. The van der Waals surface area contributed by atoms with Crippen molar-refractivity contribution in [2.45, 2.75) is 37.8 Å². The first kappa shape index (κ1) is 30.4. The molecule has 1 saturated heterocycles. The highest BCUT2D eigenvalue weighted by atomic mass is 35.5. The molecule has 9 nitrogen and oxygen atoms in total. The molecule has 0 saturated carbocycles. The molecule has 2 aliphatic heterocycles. The Balaban J connectivity index is 0.000000220. The molecule has 4 unspecified atom stereocenters. The molecule has 1 fully saturated rings. The number of hydrogen-bond acceptors (Lipinski definition) is 6. The number of hydrazone groups is 1. The van der Waals surface area contributed by atoms with E-state index in [2.05, 4.69) is 5.10 Å². The average Bonchev–Trinajstić information content (AvgIpc) is 3.26. The fourth-order valence-corrected chi connectivity index (χ4v) is 6.42. The second-order valence-electron chi connectivity index (χ2n) is 11.4. The summed E-state index contributed by atoms with van der Waals surface area (Å²) >= 11 is 5.94. The summed E-state index contributed by atoms with van der Waals surface area (Å²) < 4.78 is 0. The third-order valence-corrected chi connectivity index (χ3v) is 8.90. The van der Waals surface area contributed by atoms with Crippen LogP contribution in [0, 0.1) is 11.3 Å². The smallest absolute Gasteiger partial charge is 0.308 e. The number of hydrogen-bond donors (Lipinski definition) is 3. The van der Waals surface area contributed by atoms with E-state index in [-0.39, 0.29) is 24.4 Å². The fourth-order valence-electron chi connectivity index (χ4n) is 6.30. The Morgan fingerprint density at radius 2 is 1.72 bits per heavy atom. The van der Waals surface area contributed by atoms with Crippen LogP contribution in [-0.4, -0.2) is 58.6 Å². The molecule has 0 bridgehead atoms. The molecular formula is C33H36ClN5O4. The van der Waals surface area contributed by atoms with Gasteiger partial charge >= 0.3 is 5.97 Å². The number of aliphatic carboxylic acids is 1. The lowest BCUT2D eigenvalue weighted by Crippen LogP contribution is -2.56. The van der Waals surface area contributed by atoms with E-state index >= 15 is 0 Å². The van der Waals surface area contributed by atoms with Crippen LogP contribution in [0.15, 0.2) is 84.0 Å². The molecule has 43 heavy (non-hydrogen) atoms. The first-order valence-electron chi connectivity index (χ1n) is 14.4. The summed E-state index contributed by atoms with van der Waals surface area (Å²) in [6, 6.07) is 23.5. The van der Waals surface area contributed by atoms with Crippen LogP contribution in [-0.2, 0) is 27.2 Å². The molecule has 10 heteroatoms. The summed E-state index contributed by atoms with van der Waals surface area (Å²) in [5, 5.41) is 15.4. The summed E-state index contributed by atoms with van der Waals surface area (Å²) in [6.07, 6.45) is 2.53. The van der Waals surface area contributed by atoms with Gasteiger partial charge in [-0.05, 0) is 53.6 Å². The number of carboxylic acid groups (broad SMARTS) is 1. The number of halogens is 1. The lowest BCUT2D eigenvalue weighted by atomic mass is 9.73. The van der Waals surface area contributed by atoms with E-state index in [1.807, 2.05) is 54.6 Å². The summed E-state index contributed by atoms with van der Waals surface area (Å²) in [6.45, 7) is 0.778. The van der Waals surface area contributed by atoms with E-state index in [1.165, 1.54) is 10.6 Å². The number of likely N-dealkylation sites (tertiary alicyclic amines) is 1. The second-order valence-corrected chi connectivity index (χ2v) is 11.8. The van der Waals surface area contributed by atoms with Crippen molar-refractivity contribution in [1.82, 2.24) is 9.91 Å². The monoisotopic (exact) mass is 601 g/mol. The van der Waals surface area contributed by atoms with Crippen LogP contribution in [0.25, 0.3) is 0 Å². The van der Waals surface area contributed by atoms with Crippen LogP contribution in [0.1, 0.15) is 47.2 Å². The van der Waals surface area contributed by atoms with Crippen molar-refractivity contribution < 1.29 is 19.5 Å². The molecule has 1 aliphatic carbocycles. The van der Waals surface area contributed by atoms with Gasteiger partial charge in [0.2, 0.25) is 5.91 Å². The third kappa shape index (κ3) is 6.20. The van der Waals surface area contributed by atoms with E-state index < -0.39 is 23.3 Å². The number of nitrogens with zero attached hydrogens (tertiary/aromatic N) is 3. The lowest BCUT2D eigenvalue weighted by Gasteiger charge is -2.40. The largest absolute Gasteiger partial charge is 0.481 e. The van der Waals surface area contributed by atoms with Crippen molar-refractivity contribution in [3.8, 4) is 0 Å². The predicted octanol–water partition coefficient (Wildman–Crippen LogP) is 3.96. The minimum absolute atomic E-state index is 0.0751. The number of carboxylic acids is 1. The quantitative estimate of drug-likeness (QED) is 0.404. The highest BCUT2D eigenvalue weighted by molar-refractivity contribution is 6.30. The molecule has 0 aromatic heterocycles. The van der Waals surface area contributed by atoms with Crippen LogP contribution >= 0.6 is 11.6 Å². The Kier molecular flexibility index (Phi) is 8.96. The molecular weight excluding hydrogens is 566 g/mol. The SMILES string of the molecule is CN1N=C2CCN(C(=O)C(N)c3ccc(Cl)cc3)CC2(Cc2ccccc2)C1=O.NC1c2ccccc2CCC1C(=O)O. The molecule has 0 spiro atoms. The van der Waals surface area contributed by atoms with E-state index in [0.29, 0.717) is 36.4 Å². The maximum atomic E-state index is 13.2. The van der Waals surface area contributed by atoms with Crippen molar-refractivity contribution >= 4 is 35.1 Å². The Bertz CT molecular complexity index is 1530. The van der Waals surface area contributed by atoms with Gasteiger partial charge in [0.1, 0.15) is 11.5 Å². The van der Waals surface area contributed by atoms with Gasteiger partial charge in [-0.2, -0.15) is 5.10 Å². The molecule has 5 N–H and O–H groups in total. The molecule has 6 rings (SSSR count). The van der Waals surface area contributed by atoms with Gasteiger partial charge < -0.3 is 21.5 Å². The number of carbonyl (C=O) groups is 3. The average molecular weight is 602 g/mol. The zero-order chi connectivity index (χ0) is 30.7. The van der Waals surface area contributed by atoms with Crippen molar-refractivity contribution in [1.29, 1.82) is 0 Å². The maximum Gasteiger partial charge on any atom is 0.308 e. The fraction of sp³-hybridized carbons (Fsp3) is 0.333. The van der Waals surface area contributed by atoms with Crippen LogP contribution in [0.3, 0.4) is 0 Å². The molecule has 224 valence electrons. The number of fused-ring (bicyclic) bond motifs is 2. The van der Waals surface area contributed by atoms with E-state index in [4.69, 9.17) is 28.2 Å². The molecule has 2 heterocycles. The van der Waals surface area contributed by atoms with Crippen molar-refractivity contribution in [3.63, 3.8) is 0 Å². The summed E-state index contributed by atoms with van der Waals surface area (Å²) in [5.41, 5.74) is 16.1. The highest BCUT2D eigenvalue weighted by Gasteiger charge is 2.53. The maximum absolute atomic E-state index is 13.2. The summed E-state index contributed by atoms with van der Waals surface area (Å²) in [4.78, 5) is 38.9. The number of carbonyl (C=O) groups excluding carboxylic acids is 2. The zero-order valence-corrected chi connectivity index (χ0v) is 24.8. The third-order valence-electron chi connectivity index (χ3n) is 8.65. The van der Waals surface area contributed by atoms with Gasteiger partial charge in [0.25, 0.3) is 5.91 Å². The number of rotatable bonds is 5. The van der Waals surface area contributed by atoms with Gasteiger partial charge in [-0.3, -0.25) is 14.4 Å². The van der Waals surface area contributed by atoms with Crippen molar-refractivity contribution in [2.75, 3.05) is 20.1 Å². The first-order chi connectivity index (χ1) is 20.6.